The lowest BCUT2D eigenvalue weighted by atomic mass is 9.90. The van der Waals surface area contributed by atoms with Gasteiger partial charge in [-0.1, -0.05) is 48.0 Å². The van der Waals surface area contributed by atoms with Gasteiger partial charge in [0, 0.05) is 36.5 Å². The van der Waals surface area contributed by atoms with E-state index in [2.05, 4.69) is 60.0 Å². The van der Waals surface area contributed by atoms with Gasteiger partial charge in [0.05, 0.1) is 11.1 Å². The Hall–Kier alpha value is -5.06. The van der Waals surface area contributed by atoms with Crippen LogP contribution < -0.4 is 15.6 Å². The third-order valence-corrected chi connectivity index (χ3v) is 6.79. The molecule has 1 aromatic heterocycles. The van der Waals surface area contributed by atoms with Crippen LogP contribution in [0.3, 0.4) is 0 Å². The first-order valence-electron chi connectivity index (χ1n) is 13.1. The number of nitrogens with zero attached hydrogens (tertiary/aromatic N) is 6. The fourth-order valence-electron chi connectivity index (χ4n) is 4.58. The van der Waals surface area contributed by atoms with E-state index in [0.717, 1.165) is 43.6 Å². The number of phenolic OH excluding ortho intramolecular Hbond substituents is 1. The number of anilines is 4. The fraction of sp³-hybridized carbons (Fsp3) is 0.241. The molecule has 0 amide bonds. The van der Waals surface area contributed by atoms with Crippen molar-refractivity contribution in [2.24, 2.45) is 11.0 Å². The van der Waals surface area contributed by atoms with E-state index in [1.807, 2.05) is 37.3 Å². The number of aryl methyl sites for hydroxylation is 1. The second-order valence-corrected chi connectivity index (χ2v) is 9.76. The van der Waals surface area contributed by atoms with Crippen LogP contribution in [0.5, 0.6) is 5.75 Å². The van der Waals surface area contributed by atoms with Crippen LogP contribution in [0, 0.1) is 23.0 Å². The first-order chi connectivity index (χ1) is 19.4. The van der Waals surface area contributed by atoms with Crippen molar-refractivity contribution in [3.63, 3.8) is 0 Å². The Balaban J connectivity index is 1.33. The summed E-state index contributed by atoms with van der Waals surface area (Å²) in [5, 5.41) is 28.5. The zero-order valence-electron chi connectivity index (χ0n) is 22.1. The van der Waals surface area contributed by atoms with Crippen molar-refractivity contribution in [3.05, 3.63) is 99.6 Å². The number of piperidine rings is 1. The van der Waals surface area contributed by atoms with E-state index in [4.69, 9.17) is 0 Å². The van der Waals surface area contributed by atoms with E-state index in [1.165, 1.54) is 30.0 Å². The Kier molecular flexibility index (Phi) is 8.10. The van der Waals surface area contributed by atoms with E-state index >= 15 is 0 Å². The van der Waals surface area contributed by atoms with Gasteiger partial charge in [0.25, 0.3) is 5.69 Å². The number of hydrogen-bond acceptors (Lipinski definition) is 10. The van der Waals surface area contributed by atoms with Crippen LogP contribution in [-0.4, -0.2) is 44.3 Å². The molecule has 0 saturated carbocycles. The predicted octanol–water partition coefficient (Wildman–Crippen LogP) is 5.44. The minimum Gasteiger partial charge on any atom is -0.507 e. The summed E-state index contributed by atoms with van der Waals surface area (Å²) in [6.45, 7) is 3.65. The predicted molar refractivity (Wildman–Crippen MR) is 155 cm³/mol. The Labute approximate surface area is 231 Å². The molecule has 11 nitrogen and oxygen atoms in total. The second kappa shape index (κ2) is 12.2. The number of phenols is 1. The lowest BCUT2D eigenvalue weighted by molar-refractivity contribution is -0.384. The molecule has 0 radical (unpaired) electrons. The molecule has 4 aromatic rings. The van der Waals surface area contributed by atoms with Crippen molar-refractivity contribution in [1.29, 1.82) is 0 Å². The van der Waals surface area contributed by atoms with E-state index in [-0.39, 0.29) is 22.9 Å². The second-order valence-electron chi connectivity index (χ2n) is 9.76. The molecule has 0 aliphatic carbocycles. The van der Waals surface area contributed by atoms with Crippen molar-refractivity contribution >= 4 is 35.4 Å². The number of nitro groups is 1. The van der Waals surface area contributed by atoms with Crippen molar-refractivity contribution in [2.75, 3.05) is 28.7 Å². The third kappa shape index (κ3) is 6.87. The van der Waals surface area contributed by atoms with Crippen LogP contribution in [0.4, 0.5) is 29.2 Å². The maximum absolute atomic E-state index is 11.1. The van der Waals surface area contributed by atoms with Gasteiger partial charge < -0.3 is 15.3 Å². The van der Waals surface area contributed by atoms with Gasteiger partial charge in [0.2, 0.25) is 17.8 Å². The molecule has 1 aliphatic heterocycles. The first-order valence-corrected chi connectivity index (χ1v) is 13.1. The summed E-state index contributed by atoms with van der Waals surface area (Å²) in [4.78, 5) is 26.4. The zero-order chi connectivity index (χ0) is 27.9. The van der Waals surface area contributed by atoms with Crippen LogP contribution in [-0.2, 0) is 6.42 Å². The van der Waals surface area contributed by atoms with E-state index in [9.17, 15) is 15.2 Å². The molecule has 1 saturated heterocycles. The molecule has 40 heavy (non-hydrogen) atoms. The van der Waals surface area contributed by atoms with Gasteiger partial charge in [-0.2, -0.15) is 20.1 Å². The Bertz CT molecular complexity index is 1490. The van der Waals surface area contributed by atoms with Gasteiger partial charge in [-0.25, -0.2) is 5.43 Å². The molecule has 0 atom stereocenters. The average molecular weight is 539 g/mol. The van der Waals surface area contributed by atoms with Crippen molar-refractivity contribution in [3.8, 4) is 5.75 Å². The molecule has 0 spiro atoms. The Morgan fingerprint density at radius 1 is 1.02 bits per heavy atom. The van der Waals surface area contributed by atoms with Crippen LogP contribution in [0.2, 0.25) is 0 Å². The number of nitro benzene ring substituents is 1. The minimum atomic E-state index is -0.533. The highest BCUT2D eigenvalue weighted by atomic mass is 16.6. The number of hydrogen-bond donors (Lipinski definition) is 3. The smallest absolute Gasteiger partial charge is 0.270 e. The SMILES string of the molecule is Cc1ccc(Nc2nc(NN=Cc3cc([N+](=O)[O-])ccc3O)nc(N3CCC(Cc4ccccc4)CC3)n2)cc1. The summed E-state index contributed by atoms with van der Waals surface area (Å²) in [6, 6.07) is 22.2. The summed E-state index contributed by atoms with van der Waals surface area (Å²) in [5.74, 6) is 1.55. The summed E-state index contributed by atoms with van der Waals surface area (Å²) < 4.78 is 0. The van der Waals surface area contributed by atoms with Gasteiger partial charge in [-0.05, 0) is 55.9 Å². The molecule has 1 fully saturated rings. The van der Waals surface area contributed by atoms with Crippen LogP contribution in [0.1, 0.15) is 29.5 Å². The third-order valence-electron chi connectivity index (χ3n) is 6.79. The summed E-state index contributed by atoms with van der Waals surface area (Å²) in [5.41, 5.74) is 6.15. The fourth-order valence-corrected chi connectivity index (χ4v) is 4.58. The standard InChI is InChI=1S/C29H30N8O3/c1-20-7-9-24(10-8-20)31-27-32-28(35-30-19-23-18-25(37(39)40)11-12-26(23)38)34-29(33-27)36-15-13-22(14-16-36)17-21-5-3-2-4-6-21/h2-12,18-19,22,38H,13-17H2,1H3,(H2,31,32,33,34,35). The maximum Gasteiger partial charge on any atom is 0.270 e. The normalized spacial score (nSPS) is 13.9. The number of aromatic nitrogens is 3. The number of nitrogens with one attached hydrogen (secondary N) is 2. The summed E-state index contributed by atoms with van der Waals surface area (Å²) in [7, 11) is 0. The molecule has 5 rings (SSSR count). The van der Waals surface area contributed by atoms with Gasteiger partial charge in [0.1, 0.15) is 5.75 Å². The molecule has 11 heteroatoms. The molecular formula is C29H30N8O3. The maximum atomic E-state index is 11.1. The number of non-ortho nitro benzene ring substituents is 1. The van der Waals surface area contributed by atoms with E-state index < -0.39 is 4.92 Å². The van der Waals surface area contributed by atoms with Gasteiger partial charge in [0.15, 0.2) is 0 Å². The molecular weight excluding hydrogens is 508 g/mol. The molecule has 0 bridgehead atoms. The molecule has 0 unspecified atom stereocenters. The minimum absolute atomic E-state index is 0.132. The molecule has 204 valence electrons. The lowest BCUT2D eigenvalue weighted by Crippen LogP contribution is -2.35. The summed E-state index contributed by atoms with van der Waals surface area (Å²) in [6.07, 6.45) is 4.38. The van der Waals surface area contributed by atoms with Crippen molar-refractivity contribution in [2.45, 2.75) is 26.2 Å². The Morgan fingerprint density at radius 2 is 1.75 bits per heavy atom. The van der Waals surface area contributed by atoms with Crippen molar-refractivity contribution in [1.82, 2.24) is 15.0 Å². The summed E-state index contributed by atoms with van der Waals surface area (Å²) >= 11 is 0. The van der Waals surface area contributed by atoms with E-state index in [1.54, 1.807) is 0 Å². The number of benzene rings is 3. The van der Waals surface area contributed by atoms with Crippen LogP contribution >= 0.6 is 0 Å². The monoisotopic (exact) mass is 538 g/mol. The molecule has 1 aliphatic rings. The highest BCUT2D eigenvalue weighted by Gasteiger charge is 2.22. The number of aromatic hydroxyl groups is 1. The van der Waals surface area contributed by atoms with E-state index in [0.29, 0.717) is 17.8 Å². The van der Waals surface area contributed by atoms with Crippen molar-refractivity contribution < 1.29 is 10.0 Å². The van der Waals surface area contributed by atoms with Gasteiger partial charge in [-0.15, -0.1) is 0 Å². The quantitative estimate of drug-likeness (QED) is 0.144. The molecule has 3 aromatic carbocycles. The highest BCUT2D eigenvalue weighted by molar-refractivity contribution is 5.84. The number of rotatable bonds is 9. The van der Waals surface area contributed by atoms with Gasteiger partial charge in [-0.3, -0.25) is 10.1 Å². The topological polar surface area (TPSA) is 142 Å². The average Bonchev–Trinajstić information content (AvgIpc) is 2.96. The zero-order valence-corrected chi connectivity index (χ0v) is 22.1. The highest BCUT2D eigenvalue weighted by Crippen LogP contribution is 2.26. The number of hydrazone groups is 1. The van der Waals surface area contributed by atoms with Crippen LogP contribution in [0.15, 0.2) is 77.9 Å². The lowest BCUT2D eigenvalue weighted by Gasteiger charge is -2.32. The largest absolute Gasteiger partial charge is 0.507 e. The first kappa shape index (κ1) is 26.5. The molecule has 3 N–H and O–H groups in total. The van der Waals surface area contributed by atoms with Gasteiger partial charge >= 0.3 is 0 Å². The Morgan fingerprint density at radius 3 is 2.48 bits per heavy atom. The molecule has 2 heterocycles. The van der Waals surface area contributed by atoms with Crippen LogP contribution in [0.25, 0.3) is 0 Å².